The Bertz CT molecular complexity index is 967. The molecule has 0 saturated carbocycles. The second-order valence-electron chi connectivity index (χ2n) is 5.49. The number of carbonyl (C=O) groups is 1. The van der Waals surface area contributed by atoms with Crippen molar-refractivity contribution in [1.82, 2.24) is 4.57 Å². The summed E-state index contributed by atoms with van der Waals surface area (Å²) >= 11 is 1.16. The van der Waals surface area contributed by atoms with Crippen molar-refractivity contribution in [3.8, 4) is 11.1 Å². The summed E-state index contributed by atoms with van der Waals surface area (Å²) in [6.45, 7) is 4.07. The molecule has 0 saturated heterocycles. The number of rotatable bonds is 2. The Labute approximate surface area is 131 Å². The Morgan fingerprint density at radius 2 is 1.91 bits per heavy atom. The van der Waals surface area contributed by atoms with E-state index in [9.17, 15) is 9.59 Å². The van der Waals surface area contributed by atoms with E-state index >= 15 is 0 Å². The number of primary amides is 1. The summed E-state index contributed by atoms with van der Waals surface area (Å²) in [5.41, 5.74) is 9.54. The van der Waals surface area contributed by atoms with E-state index in [2.05, 4.69) is 18.2 Å². The van der Waals surface area contributed by atoms with Gasteiger partial charge in [-0.2, -0.15) is 0 Å². The predicted molar refractivity (Wildman–Crippen MR) is 90.5 cm³/mol. The van der Waals surface area contributed by atoms with Gasteiger partial charge in [0.2, 0.25) is 0 Å². The summed E-state index contributed by atoms with van der Waals surface area (Å²) in [5.74, 6) is -0.504. The first-order valence-corrected chi connectivity index (χ1v) is 7.70. The zero-order valence-electron chi connectivity index (χ0n) is 12.6. The van der Waals surface area contributed by atoms with Crippen LogP contribution in [-0.4, -0.2) is 10.5 Å². The molecule has 0 fully saturated rings. The molecule has 1 amide bonds. The maximum atomic E-state index is 12.3. The maximum Gasteiger partial charge on any atom is 0.268 e. The molecule has 22 heavy (non-hydrogen) atoms. The number of aryl methyl sites for hydroxylation is 3. The third kappa shape index (κ3) is 2.23. The van der Waals surface area contributed by atoms with E-state index in [4.69, 9.17) is 5.73 Å². The topological polar surface area (TPSA) is 65.1 Å². The molecule has 0 bridgehead atoms. The number of hydrogen-bond acceptors (Lipinski definition) is 3. The zero-order valence-corrected chi connectivity index (χ0v) is 13.5. The molecule has 2 heterocycles. The third-order valence-corrected chi connectivity index (χ3v) is 4.92. The van der Waals surface area contributed by atoms with Gasteiger partial charge in [-0.3, -0.25) is 9.59 Å². The van der Waals surface area contributed by atoms with Gasteiger partial charge in [-0.1, -0.05) is 23.8 Å². The van der Waals surface area contributed by atoms with Gasteiger partial charge in [-0.25, -0.2) is 0 Å². The van der Waals surface area contributed by atoms with E-state index in [-0.39, 0.29) is 5.56 Å². The lowest BCUT2D eigenvalue weighted by atomic mass is 9.97. The lowest BCUT2D eigenvalue weighted by molar-refractivity contribution is 0.100. The number of thiophene rings is 1. The molecule has 0 spiro atoms. The highest BCUT2D eigenvalue weighted by atomic mass is 32.1. The van der Waals surface area contributed by atoms with Gasteiger partial charge in [0.05, 0.1) is 4.88 Å². The van der Waals surface area contributed by atoms with Crippen molar-refractivity contribution in [3.63, 3.8) is 0 Å². The fourth-order valence-electron chi connectivity index (χ4n) is 2.59. The number of hydrogen-bond donors (Lipinski definition) is 1. The van der Waals surface area contributed by atoms with Crippen LogP contribution in [0.2, 0.25) is 0 Å². The molecule has 5 heteroatoms. The first-order valence-electron chi connectivity index (χ1n) is 6.89. The molecule has 0 atom stereocenters. The highest BCUT2D eigenvalue weighted by Crippen LogP contribution is 2.34. The van der Waals surface area contributed by atoms with Gasteiger partial charge in [0.25, 0.3) is 11.5 Å². The number of amides is 1. The average Bonchev–Trinajstić information content (AvgIpc) is 2.91. The van der Waals surface area contributed by atoms with Gasteiger partial charge < -0.3 is 10.3 Å². The normalized spacial score (nSPS) is 11.0. The molecule has 4 nitrogen and oxygen atoms in total. The van der Waals surface area contributed by atoms with Crippen molar-refractivity contribution in [2.75, 3.05) is 0 Å². The average molecular weight is 312 g/mol. The van der Waals surface area contributed by atoms with Crippen molar-refractivity contribution >= 4 is 27.3 Å². The number of nitrogens with two attached hydrogens (primary N) is 1. The lowest BCUT2D eigenvalue weighted by Gasteiger charge is -2.10. The van der Waals surface area contributed by atoms with Crippen molar-refractivity contribution in [3.05, 3.63) is 56.8 Å². The number of carbonyl (C=O) groups excluding carboxylic acids is 1. The van der Waals surface area contributed by atoms with Gasteiger partial charge in [-0.15, -0.1) is 11.3 Å². The fourth-order valence-corrected chi connectivity index (χ4v) is 3.60. The van der Waals surface area contributed by atoms with E-state index in [1.807, 2.05) is 20.0 Å². The highest BCUT2D eigenvalue weighted by molar-refractivity contribution is 7.20. The Balaban J connectivity index is 2.43. The van der Waals surface area contributed by atoms with Crippen molar-refractivity contribution in [1.29, 1.82) is 0 Å². The van der Waals surface area contributed by atoms with Crippen LogP contribution in [0.25, 0.3) is 21.2 Å². The summed E-state index contributed by atoms with van der Waals surface area (Å²) in [5, 5.41) is 0.788. The largest absolute Gasteiger partial charge is 0.365 e. The summed E-state index contributed by atoms with van der Waals surface area (Å²) in [7, 11) is 1.72. The SMILES string of the molecule is Cc1ccc(C)c(-c2cn(C)c(=O)c3sc(C(N)=O)cc23)c1. The minimum atomic E-state index is -0.504. The van der Waals surface area contributed by atoms with Crippen LogP contribution in [-0.2, 0) is 7.05 Å². The second kappa shape index (κ2) is 5.10. The molecule has 112 valence electrons. The van der Waals surface area contributed by atoms with Gasteiger partial charge >= 0.3 is 0 Å². The Morgan fingerprint density at radius 3 is 2.59 bits per heavy atom. The van der Waals surface area contributed by atoms with E-state index in [0.717, 1.165) is 39.0 Å². The monoisotopic (exact) mass is 312 g/mol. The van der Waals surface area contributed by atoms with Crippen molar-refractivity contribution in [2.45, 2.75) is 13.8 Å². The van der Waals surface area contributed by atoms with Crippen LogP contribution in [0.4, 0.5) is 0 Å². The van der Waals surface area contributed by atoms with E-state index in [1.165, 1.54) is 0 Å². The van der Waals surface area contributed by atoms with Gasteiger partial charge in [0.1, 0.15) is 4.70 Å². The Hall–Kier alpha value is -2.40. The second-order valence-corrected chi connectivity index (χ2v) is 6.55. The number of nitrogens with zero attached hydrogens (tertiary/aromatic N) is 1. The summed E-state index contributed by atoms with van der Waals surface area (Å²) in [6, 6.07) is 7.93. The van der Waals surface area contributed by atoms with E-state index in [0.29, 0.717) is 9.58 Å². The standard InChI is InChI=1S/C17H16N2O2S/c1-9-4-5-10(2)11(6-9)13-8-19(3)17(21)15-12(13)7-14(22-15)16(18)20/h4-8H,1-3H3,(H2,18,20). The molecule has 0 aliphatic heterocycles. The first kappa shape index (κ1) is 14.5. The molecule has 2 N–H and O–H groups in total. The molecule has 3 aromatic rings. The van der Waals surface area contributed by atoms with Crippen LogP contribution in [0, 0.1) is 13.8 Å². The summed E-state index contributed by atoms with van der Waals surface area (Å²) in [6.07, 6.45) is 1.82. The van der Waals surface area contributed by atoms with Gasteiger partial charge in [0.15, 0.2) is 0 Å². The number of fused-ring (bicyclic) bond motifs is 1. The van der Waals surface area contributed by atoms with Crippen molar-refractivity contribution in [2.24, 2.45) is 12.8 Å². The molecular formula is C17H16N2O2S. The van der Waals surface area contributed by atoms with Crippen LogP contribution in [0.3, 0.4) is 0 Å². The highest BCUT2D eigenvalue weighted by Gasteiger charge is 2.16. The summed E-state index contributed by atoms with van der Waals surface area (Å²) < 4.78 is 2.12. The van der Waals surface area contributed by atoms with Crippen LogP contribution in [0.1, 0.15) is 20.8 Å². The van der Waals surface area contributed by atoms with Gasteiger partial charge in [0, 0.05) is 24.2 Å². The van der Waals surface area contributed by atoms with Crippen LogP contribution < -0.4 is 11.3 Å². The predicted octanol–water partition coefficient (Wildman–Crippen LogP) is 2.98. The molecule has 0 aliphatic rings. The smallest absolute Gasteiger partial charge is 0.268 e. The third-order valence-electron chi connectivity index (χ3n) is 3.79. The van der Waals surface area contributed by atoms with Crippen LogP contribution in [0.5, 0.6) is 0 Å². The Kier molecular flexibility index (Phi) is 3.37. The van der Waals surface area contributed by atoms with E-state index in [1.54, 1.807) is 17.7 Å². The summed E-state index contributed by atoms with van der Waals surface area (Å²) in [4.78, 5) is 24.2. The maximum absolute atomic E-state index is 12.3. The van der Waals surface area contributed by atoms with Crippen LogP contribution in [0.15, 0.2) is 35.3 Å². The van der Waals surface area contributed by atoms with Gasteiger partial charge in [-0.05, 0) is 31.0 Å². The first-order chi connectivity index (χ1) is 10.4. The fraction of sp³-hybridized carbons (Fsp3) is 0.176. The molecule has 2 aromatic heterocycles. The molecule has 1 aromatic carbocycles. The number of aromatic nitrogens is 1. The van der Waals surface area contributed by atoms with E-state index < -0.39 is 5.91 Å². The molecule has 3 rings (SSSR count). The molecular weight excluding hydrogens is 296 g/mol. The minimum Gasteiger partial charge on any atom is -0.365 e. The molecule has 0 radical (unpaired) electrons. The van der Waals surface area contributed by atoms with Crippen molar-refractivity contribution < 1.29 is 4.79 Å². The number of benzene rings is 1. The zero-order chi connectivity index (χ0) is 16.0. The molecule has 0 aliphatic carbocycles. The number of pyridine rings is 1. The lowest BCUT2D eigenvalue weighted by Crippen LogP contribution is -2.15. The van der Waals surface area contributed by atoms with Crippen LogP contribution >= 0.6 is 11.3 Å². The quantitative estimate of drug-likeness (QED) is 0.790. The minimum absolute atomic E-state index is 0.110. The molecule has 0 unspecified atom stereocenters. The Morgan fingerprint density at radius 1 is 1.18 bits per heavy atom.